The Morgan fingerprint density at radius 3 is 2.00 bits per heavy atom. The zero-order valence-electron chi connectivity index (χ0n) is 25.0. The highest BCUT2D eigenvalue weighted by Gasteiger charge is 2.41. The Morgan fingerprint density at radius 1 is 0.889 bits per heavy atom. The molecule has 2 aromatic carbocycles. The molecule has 14 heteroatoms. The van der Waals surface area contributed by atoms with Gasteiger partial charge in [-0.3, -0.25) is 9.59 Å². The zero-order valence-corrected chi connectivity index (χ0v) is 25.0. The van der Waals surface area contributed by atoms with Crippen LogP contribution in [0.4, 0.5) is 35.5 Å². The van der Waals surface area contributed by atoms with Crippen LogP contribution in [0, 0.1) is 24.6 Å². The zero-order chi connectivity index (χ0) is 33.3. The first-order valence-electron chi connectivity index (χ1n) is 14.4. The molecule has 7 nitrogen and oxygen atoms in total. The molecule has 0 spiro atoms. The van der Waals surface area contributed by atoms with Gasteiger partial charge in [0.15, 0.2) is 0 Å². The molecule has 2 atom stereocenters. The van der Waals surface area contributed by atoms with Gasteiger partial charge in [-0.05, 0) is 73.2 Å². The van der Waals surface area contributed by atoms with Gasteiger partial charge in [0, 0.05) is 57.5 Å². The number of benzene rings is 2. The van der Waals surface area contributed by atoms with Crippen LogP contribution < -0.4 is 0 Å². The minimum atomic E-state index is -5.03. The first-order valence-corrected chi connectivity index (χ1v) is 14.4. The number of hydrogen-bond donors (Lipinski definition) is 0. The largest absolute Gasteiger partial charge is 0.453 e. The normalized spacial score (nSPS) is 19.8. The summed E-state index contributed by atoms with van der Waals surface area (Å²) in [5.41, 5.74) is -2.14. The number of ether oxygens (including phenoxy) is 1. The lowest BCUT2D eigenvalue weighted by molar-refractivity contribution is -0.144. The van der Waals surface area contributed by atoms with Gasteiger partial charge >= 0.3 is 18.4 Å². The Balaban J connectivity index is 1.56. The van der Waals surface area contributed by atoms with Crippen molar-refractivity contribution in [1.82, 2.24) is 14.7 Å². The standard InChI is InChI=1S/C31H34F7N3O4/c1-18-12-23(32)4-5-24(18)26-17-41(27(42)20-6-9-40(10-7-20)29(44)45-3)11-8-25(26)28(43)39(2)16-19-13-21(30(33,34)35)15-22(14-19)31(36,37)38/h4-5,12-15,20,25-26H,6-11,16-17H2,1-3H3. The molecule has 0 bridgehead atoms. The lowest BCUT2D eigenvalue weighted by atomic mass is 9.77. The summed E-state index contributed by atoms with van der Waals surface area (Å²) < 4.78 is 99.2. The fourth-order valence-corrected chi connectivity index (χ4v) is 6.26. The molecule has 0 aromatic heterocycles. The molecule has 4 rings (SSSR count). The van der Waals surface area contributed by atoms with Crippen molar-refractivity contribution in [1.29, 1.82) is 0 Å². The molecule has 2 unspecified atom stereocenters. The summed E-state index contributed by atoms with van der Waals surface area (Å²) in [7, 11) is 2.58. The third-order valence-electron chi connectivity index (χ3n) is 8.59. The van der Waals surface area contributed by atoms with Gasteiger partial charge in [-0.25, -0.2) is 9.18 Å². The maximum Gasteiger partial charge on any atom is 0.416 e. The molecule has 0 N–H and O–H groups in total. The summed E-state index contributed by atoms with van der Waals surface area (Å²) in [5.74, 6) is -2.92. The third-order valence-corrected chi connectivity index (χ3v) is 8.59. The Hall–Kier alpha value is -3.84. The summed E-state index contributed by atoms with van der Waals surface area (Å²) in [5, 5.41) is 0. The highest BCUT2D eigenvalue weighted by Crippen LogP contribution is 2.39. The number of carbonyl (C=O) groups is 3. The van der Waals surface area contributed by atoms with Crippen LogP contribution in [-0.2, 0) is 33.2 Å². The molecular weight excluding hydrogens is 611 g/mol. The minimum absolute atomic E-state index is 0.0324. The number of piperidine rings is 2. The topological polar surface area (TPSA) is 70.2 Å². The number of rotatable bonds is 5. The Bertz CT molecular complexity index is 1390. The summed E-state index contributed by atoms with van der Waals surface area (Å²) >= 11 is 0. The summed E-state index contributed by atoms with van der Waals surface area (Å²) in [4.78, 5) is 43.4. The van der Waals surface area contributed by atoms with E-state index in [-0.39, 0.29) is 43.0 Å². The maximum atomic E-state index is 14.0. The predicted octanol–water partition coefficient (Wildman–Crippen LogP) is 6.24. The van der Waals surface area contributed by atoms with Gasteiger partial charge in [0.1, 0.15) is 5.82 Å². The van der Waals surface area contributed by atoms with Crippen molar-refractivity contribution >= 4 is 17.9 Å². The molecule has 2 aliphatic rings. The molecule has 2 aromatic rings. The number of amides is 3. The van der Waals surface area contributed by atoms with Crippen LogP contribution in [0.15, 0.2) is 36.4 Å². The second-order valence-electron chi connectivity index (χ2n) is 11.6. The van der Waals surface area contributed by atoms with Crippen LogP contribution in [0.5, 0.6) is 0 Å². The van der Waals surface area contributed by atoms with E-state index >= 15 is 0 Å². The third kappa shape index (κ3) is 7.88. The van der Waals surface area contributed by atoms with Crippen molar-refractivity contribution in [2.24, 2.45) is 11.8 Å². The number of carbonyl (C=O) groups excluding carboxylic acids is 3. The monoisotopic (exact) mass is 645 g/mol. The van der Waals surface area contributed by atoms with E-state index in [1.807, 2.05) is 0 Å². The average Bonchev–Trinajstić information content (AvgIpc) is 2.98. The highest BCUT2D eigenvalue weighted by atomic mass is 19.4. The van der Waals surface area contributed by atoms with Gasteiger partial charge in [-0.15, -0.1) is 0 Å². The Labute approximate surface area is 255 Å². The second kappa shape index (κ2) is 13.3. The van der Waals surface area contributed by atoms with Crippen molar-refractivity contribution in [3.05, 3.63) is 70.0 Å². The molecule has 246 valence electrons. The van der Waals surface area contributed by atoms with E-state index in [1.54, 1.807) is 11.8 Å². The molecule has 0 aliphatic carbocycles. The van der Waals surface area contributed by atoms with E-state index in [0.29, 0.717) is 49.2 Å². The van der Waals surface area contributed by atoms with Crippen LogP contribution in [-0.4, -0.2) is 72.9 Å². The second-order valence-corrected chi connectivity index (χ2v) is 11.6. The quantitative estimate of drug-likeness (QED) is 0.361. The van der Waals surface area contributed by atoms with Crippen molar-refractivity contribution in [3.8, 4) is 0 Å². The molecule has 45 heavy (non-hydrogen) atoms. The molecule has 2 heterocycles. The number of hydrogen-bond acceptors (Lipinski definition) is 4. The van der Waals surface area contributed by atoms with E-state index in [2.05, 4.69) is 0 Å². The fourth-order valence-electron chi connectivity index (χ4n) is 6.26. The van der Waals surface area contributed by atoms with E-state index in [0.717, 1.165) is 4.90 Å². The molecule has 2 aliphatic heterocycles. The Morgan fingerprint density at radius 2 is 1.47 bits per heavy atom. The molecule has 2 fully saturated rings. The summed E-state index contributed by atoms with van der Waals surface area (Å²) in [6.45, 7) is 2.13. The lowest BCUT2D eigenvalue weighted by Gasteiger charge is -2.42. The summed E-state index contributed by atoms with van der Waals surface area (Å²) in [6, 6.07) is 5.27. The van der Waals surface area contributed by atoms with Crippen molar-refractivity contribution in [2.75, 3.05) is 40.3 Å². The van der Waals surface area contributed by atoms with Crippen molar-refractivity contribution in [2.45, 2.75) is 51.0 Å². The number of alkyl halides is 6. The van der Waals surface area contributed by atoms with Gasteiger partial charge in [-0.2, -0.15) is 26.3 Å². The number of aryl methyl sites for hydroxylation is 1. The number of likely N-dealkylation sites (tertiary alicyclic amines) is 2. The highest BCUT2D eigenvalue weighted by molar-refractivity contribution is 5.82. The molecule has 0 saturated carbocycles. The first kappa shape index (κ1) is 34.0. The number of halogens is 7. The van der Waals surface area contributed by atoms with Crippen LogP contribution in [0.3, 0.4) is 0 Å². The van der Waals surface area contributed by atoms with E-state index in [1.165, 1.54) is 37.3 Å². The van der Waals surface area contributed by atoms with Crippen LogP contribution in [0.25, 0.3) is 0 Å². The average molecular weight is 646 g/mol. The van der Waals surface area contributed by atoms with Crippen LogP contribution >= 0.6 is 0 Å². The maximum absolute atomic E-state index is 14.0. The van der Waals surface area contributed by atoms with Gasteiger partial charge in [0.2, 0.25) is 11.8 Å². The van der Waals surface area contributed by atoms with Crippen LogP contribution in [0.1, 0.15) is 53.0 Å². The van der Waals surface area contributed by atoms with E-state index < -0.39 is 59.7 Å². The van der Waals surface area contributed by atoms with Gasteiger partial charge in [0.25, 0.3) is 0 Å². The predicted molar refractivity (Wildman–Crippen MR) is 148 cm³/mol. The Kier molecular flexibility index (Phi) is 10.0. The summed E-state index contributed by atoms with van der Waals surface area (Å²) in [6.07, 6.45) is -9.51. The van der Waals surface area contributed by atoms with E-state index in [4.69, 9.17) is 4.74 Å². The molecule has 3 amide bonds. The molecular formula is C31H34F7N3O4. The van der Waals surface area contributed by atoms with Crippen molar-refractivity contribution < 1.29 is 49.9 Å². The van der Waals surface area contributed by atoms with Gasteiger partial charge in [-0.1, -0.05) is 6.07 Å². The first-order chi connectivity index (χ1) is 21.0. The van der Waals surface area contributed by atoms with Crippen LogP contribution in [0.2, 0.25) is 0 Å². The van der Waals surface area contributed by atoms with Gasteiger partial charge < -0.3 is 19.4 Å². The van der Waals surface area contributed by atoms with Gasteiger partial charge in [0.05, 0.1) is 18.2 Å². The number of methoxy groups -OCH3 is 1. The van der Waals surface area contributed by atoms with E-state index in [9.17, 15) is 45.1 Å². The fraction of sp³-hybridized carbons (Fsp3) is 0.516. The van der Waals surface area contributed by atoms with Crippen molar-refractivity contribution in [3.63, 3.8) is 0 Å². The molecule has 2 saturated heterocycles. The smallest absolute Gasteiger partial charge is 0.416 e. The lowest BCUT2D eigenvalue weighted by Crippen LogP contribution is -2.50. The minimum Gasteiger partial charge on any atom is -0.453 e. The SMILES string of the molecule is COC(=O)N1CCC(C(=O)N2CCC(C(=O)N(C)Cc3cc(C(F)(F)F)cc(C(F)(F)F)c3)C(c3ccc(F)cc3C)C2)CC1. The molecule has 0 radical (unpaired) electrons. The number of nitrogens with zero attached hydrogens (tertiary/aromatic N) is 3.